The molecular weight excluding hydrogens is 278 g/mol. The van der Waals surface area contributed by atoms with Gasteiger partial charge in [-0.2, -0.15) is 0 Å². The Balaban J connectivity index is 0.00000180. The molecule has 0 atom stereocenters. The van der Waals surface area contributed by atoms with E-state index in [1.165, 1.54) is 10.5 Å². The summed E-state index contributed by atoms with van der Waals surface area (Å²) in [5, 5.41) is 9.44. The quantitative estimate of drug-likeness (QED) is 0.921. The molecular formula is C15H18ClNOS. The van der Waals surface area contributed by atoms with Gasteiger partial charge in [0.25, 0.3) is 0 Å². The lowest BCUT2D eigenvalue weighted by atomic mass is 10.2. The Hall–Kier alpha value is -1.16. The summed E-state index contributed by atoms with van der Waals surface area (Å²) in [4.78, 5) is 4.40. The molecule has 0 aliphatic heterocycles. The number of hydrogen-bond acceptors (Lipinski definition) is 3. The van der Waals surface area contributed by atoms with Crippen molar-refractivity contribution < 1.29 is 5.11 Å². The normalized spacial score (nSPS) is 10.3. The lowest BCUT2D eigenvalue weighted by molar-refractivity contribution is 0.402. The van der Waals surface area contributed by atoms with Gasteiger partial charge < -0.3 is 10.0 Å². The number of nitrogens with zero attached hydrogens (tertiary/aromatic N) is 1. The molecule has 19 heavy (non-hydrogen) atoms. The van der Waals surface area contributed by atoms with Crippen molar-refractivity contribution in [2.45, 2.75) is 16.3 Å². The minimum Gasteiger partial charge on any atom is -0.508 e. The lowest BCUT2D eigenvalue weighted by Crippen LogP contribution is -2.10. The SMILES string of the molecule is CN(C)Cc1cccc(Sc2cccc(O)c2)c1.Cl. The van der Waals surface area contributed by atoms with Crippen LogP contribution in [0.1, 0.15) is 5.56 Å². The molecule has 2 aromatic carbocycles. The second-order valence-corrected chi connectivity index (χ2v) is 5.63. The summed E-state index contributed by atoms with van der Waals surface area (Å²) in [5.41, 5.74) is 1.30. The van der Waals surface area contributed by atoms with Crippen LogP contribution in [0.25, 0.3) is 0 Å². The zero-order valence-electron chi connectivity index (χ0n) is 11.0. The predicted octanol–water partition coefficient (Wildman–Crippen LogP) is 4.03. The van der Waals surface area contributed by atoms with Crippen molar-refractivity contribution in [2.24, 2.45) is 0 Å². The van der Waals surface area contributed by atoms with Gasteiger partial charge in [-0.05, 0) is 50.0 Å². The fraction of sp³-hybridized carbons (Fsp3) is 0.200. The van der Waals surface area contributed by atoms with E-state index >= 15 is 0 Å². The fourth-order valence-electron chi connectivity index (χ4n) is 1.76. The van der Waals surface area contributed by atoms with Crippen molar-refractivity contribution in [2.75, 3.05) is 14.1 Å². The summed E-state index contributed by atoms with van der Waals surface area (Å²) in [7, 11) is 4.13. The lowest BCUT2D eigenvalue weighted by Gasteiger charge is -2.10. The van der Waals surface area contributed by atoms with E-state index in [0.29, 0.717) is 5.75 Å². The molecule has 0 aliphatic rings. The van der Waals surface area contributed by atoms with Crippen molar-refractivity contribution in [3.05, 3.63) is 54.1 Å². The summed E-state index contributed by atoms with van der Waals surface area (Å²) >= 11 is 1.66. The van der Waals surface area contributed by atoms with Crippen LogP contribution in [-0.2, 0) is 6.54 Å². The van der Waals surface area contributed by atoms with E-state index in [2.05, 4.69) is 43.3 Å². The van der Waals surface area contributed by atoms with Crippen molar-refractivity contribution >= 4 is 24.2 Å². The number of rotatable bonds is 4. The fourth-order valence-corrected chi connectivity index (χ4v) is 2.71. The van der Waals surface area contributed by atoms with Crippen molar-refractivity contribution in [3.8, 4) is 5.75 Å². The van der Waals surface area contributed by atoms with Crippen molar-refractivity contribution in [1.82, 2.24) is 4.90 Å². The van der Waals surface area contributed by atoms with Gasteiger partial charge >= 0.3 is 0 Å². The Morgan fingerprint density at radius 1 is 1.00 bits per heavy atom. The van der Waals surface area contributed by atoms with Gasteiger partial charge in [-0.1, -0.05) is 30.0 Å². The molecule has 0 fully saturated rings. The van der Waals surface area contributed by atoms with Crippen LogP contribution in [0.15, 0.2) is 58.3 Å². The maximum absolute atomic E-state index is 9.44. The van der Waals surface area contributed by atoms with E-state index < -0.39 is 0 Å². The molecule has 1 N–H and O–H groups in total. The van der Waals surface area contributed by atoms with Crippen molar-refractivity contribution in [3.63, 3.8) is 0 Å². The van der Waals surface area contributed by atoms with Gasteiger partial charge in [-0.15, -0.1) is 12.4 Å². The third kappa shape index (κ3) is 5.15. The first-order valence-corrected chi connectivity index (χ1v) is 6.66. The molecule has 0 saturated carbocycles. The molecule has 0 aliphatic carbocycles. The molecule has 2 aromatic rings. The topological polar surface area (TPSA) is 23.5 Å². The van der Waals surface area contributed by atoms with Crippen LogP contribution in [0.2, 0.25) is 0 Å². The number of halogens is 1. The van der Waals surface area contributed by atoms with E-state index in [0.717, 1.165) is 11.4 Å². The molecule has 0 spiro atoms. The standard InChI is InChI=1S/C15H17NOS.ClH/c1-16(2)11-12-5-3-7-14(9-12)18-15-8-4-6-13(17)10-15;/h3-10,17H,11H2,1-2H3;1H. The zero-order valence-corrected chi connectivity index (χ0v) is 12.7. The Labute approximate surface area is 124 Å². The monoisotopic (exact) mass is 295 g/mol. The average Bonchev–Trinajstić information content (AvgIpc) is 2.28. The molecule has 0 bridgehead atoms. The van der Waals surface area contributed by atoms with Crippen LogP contribution in [0.4, 0.5) is 0 Å². The molecule has 102 valence electrons. The molecule has 0 saturated heterocycles. The highest BCUT2D eigenvalue weighted by Gasteiger charge is 2.01. The van der Waals surface area contributed by atoms with Gasteiger partial charge in [0.1, 0.15) is 5.75 Å². The summed E-state index contributed by atoms with van der Waals surface area (Å²) in [5.74, 6) is 0.310. The van der Waals surface area contributed by atoms with Gasteiger partial charge in [0.2, 0.25) is 0 Å². The van der Waals surface area contributed by atoms with Crippen molar-refractivity contribution in [1.29, 1.82) is 0 Å². The van der Waals surface area contributed by atoms with E-state index in [-0.39, 0.29) is 12.4 Å². The molecule has 0 aromatic heterocycles. The van der Waals surface area contributed by atoms with E-state index in [9.17, 15) is 5.11 Å². The van der Waals surface area contributed by atoms with E-state index in [1.807, 2.05) is 12.1 Å². The Morgan fingerprint density at radius 3 is 2.26 bits per heavy atom. The first kappa shape index (κ1) is 15.9. The van der Waals surface area contributed by atoms with Crippen LogP contribution in [0, 0.1) is 0 Å². The van der Waals surface area contributed by atoms with E-state index in [4.69, 9.17) is 0 Å². The highest BCUT2D eigenvalue weighted by atomic mass is 35.5. The number of phenolic OH excluding ortho intramolecular Hbond substituents is 1. The molecule has 4 heteroatoms. The zero-order chi connectivity index (χ0) is 13.0. The number of hydrogen-bond donors (Lipinski definition) is 1. The summed E-state index contributed by atoms with van der Waals surface area (Å²) in [6.45, 7) is 0.939. The molecule has 0 heterocycles. The summed E-state index contributed by atoms with van der Waals surface area (Å²) in [6, 6.07) is 15.8. The van der Waals surface area contributed by atoms with Gasteiger partial charge in [-0.25, -0.2) is 0 Å². The Bertz CT molecular complexity index is 531. The highest BCUT2D eigenvalue weighted by molar-refractivity contribution is 7.99. The Morgan fingerprint density at radius 2 is 1.63 bits per heavy atom. The predicted molar refractivity (Wildman–Crippen MR) is 83.3 cm³/mol. The van der Waals surface area contributed by atoms with Gasteiger partial charge in [0.05, 0.1) is 0 Å². The molecule has 0 radical (unpaired) electrons. The average molecular weight is 296 g/mol. The number of aromatic hydroxyl groups is 1. The third-order valence-corrected chi connectivity index (χ3v) is 3.43. The molecule has 0 unspecified atom stereocenters. The smallest absolute Gasteiger partial charge is 0.116 e. The maximum atomic E-state index is 9.44. The number of benzene rings is 2. The minimum absolute atomic E-state index is 0. The van der Waals surface area contributed by atoms with Crippen LogP contribution in [0.3, 0.4) is 0 Å². The van der Waals surface area contributed by atoms with Gasteiger partial charge in [-0.3, -0.25) is 0 Å². The van der Waals surface area contributed by atoms with Crippen LogP contribution in [-0.4, -0.2) is 24.1 Å². The van der Waals surface area contributed by atoms with Gasteiger partial charge in [0, 0.05) is 16.3 Å². The Kier molecular flexibility index (Phi) is 6.22. The van der Waals surface area contributed by atoms with Gasteiger partial charge in [0.15, 0.2) is 0 Å². The van der Waals surface area contributed by atoms with Crippen LogP contribution >= 0.6 is 24.2 Å². The van der Waals surface area contributed by atoms with E-state index in [1.54, 1.807) is 23.9 Å². The molecule has 2 nitrogen and oxygen atoms in total. The first-order chi connectivity index (χ1) is 8.63. The second-order valence-electron chi connectivity index (χ2n) is 4.48. The third-order valence-electron chi connectivity index (χ3n) is 2.45. The molecule has 0 amide bonds. The highest BCUT2D eigenvalue weighted by Crippen LogP contribution is 2.30. The largest absolute Gasteiger partial charge is 0.508 e. The number of phenols is 1. The first-order valence-electron chi connectivity index (χ1n) is 5.84. The summed E-state index contributed by atoms with van der Waals surface area (Å²) in [6.07, 6.45) is 0. The summed E-state index contributed by atoms with van der Waals surface area (Å²) < 4.78 is 0. The van der Waals surface area contributed by atoms with Crippen LogP contribution in [0.5, 0.6) is 5.75 Å². The van der Waals surface area contributed by atoms with Crippen LogP contribution < -0.4 is 0 Å². The maximum Gasteiger partial charge on any atom is 0.116 e. The second kappa shape index (κ2) is 7.43. The minimum atomic E-state index is 0. The molecule has 2 rings (SSSR count).